The van der Waals surface area contributed by atoms with Gasteiger partial charge < -0.3 is 19.3 Å². The van der Waals surface area contributed by atoms with Crippen LogP contribution in [0.3, 0.4) is 0 Å². The van der Waals surface area contributed by atoms with Crippen LogP contribution in [0.15, 0.2) is 42.7 Å². The average Bonchev–Trinajstić information content (AvgIpc) is 3.28. The first-order valence-electron chi connectivity index (χ1n) is 11.2. The molecule has 0 saturated carbocycles. The molecule has 0 atom stereocenters. The molecule has 2 aliphatic rings. The molecule has 0 unspecified atom stereocenters. The number of amides is 2. The lowest BCUT2D eigenvalue weighted by Gasteiger charge is -2.37. The normalized spacial score (nSPS) is 17.5. The maximum atomic E-state index is 13.1. The lowest BCUT2D eigenvalue weighted by Crippen LogP contribution is -2.48. The number of aromatic nitrogens is 2. The average molecular weight is 439 g/mol. The standard InChI is InChI=1S/C24H30N4O4/c1-19-17-26-21(18-25-19)23(30)28(11-7-20-5-3-2-4-6-20)12-8-22(29)27-13-9-24(10-14-27)31-15-16-32-24/h2-6,17-18H,7-16H2,1H3. The van der Waals surface area contributed by atoms with E-state index in [0.29, 0.717) is 64.3 Å². The summed E-state index contributed by atoms with van der Waals surface area (Å²) in [6.45, 7) is 5.14. The topological polar surface area (TPSA) is 84.9 Å². The van der Waals surface area contributed by atoms with Crippen LogP contribution in [0.1, 0.15) is 41.0 Å². The lowest BCUT2D eigenvalue weighted by atomic mass is 10.0. The highest BCUT2D eigenvalue weighted by molar-refractivity contribution is 5.92. The summed E-state index contributed by atoms with van der Waals surface area (Å²) in [6.07, 6.45) is 5.45. The molecule has 8 nitrogen and oxygen atoms in total. The van der Waals surface area contributed by atoms with E-state index in [2.05, 4.69) is 9.97 Å². The van der Waals surface area contributed by atoms with Crippen LogP contribution in [-0.2, 0) is 20.7 Å². The fourth-order valence-corrected chi connectivity index (χ4v) is 4.16. The minimum atomic E-state index is -0.501. The second-order valence-electron chi connectivity index (χ2n) is 8.31. The summed E-state index contributed by atoms with van der Waals surface area (Å²) in [5.74, 6) is -0.657. The largest absolute Gasteiger partial charge is 0.347 e. The van der Waals surface area contributed by atoms with Crippen molar-refractivity contribution in [1.82, 2.24) is 19.8 Å². The number of hydrogen-bond donors (Lipinski definition) is 0. The molecule has 0 aliphatic carbocycles. The van der Waals surface area contributed by atoms with Crippen molar-refractivity contribution in [3.05, 3.63) is 59.7 Å². The second-order valence-corrected chi connectivity index (χ2v) is 8.31. The molecule has 0 N–H and O–H groups in total. The molecule has 0 radical (unpaired) electrons. The van der Waals surface area contributed by atoms with Crippen molar-refractivity contribution in [3.63, 3.8) is 0 Å². The highest BCUT2D eigenvalue weighted by Crippen LogP contribution is 2.31. The van der Waals surface area contributed by atoms with Crippen LogP contribution >= 0.6 is 0 Å². The van der Waals surface area contributed by atoms with E-state index in [-0.39, 0.29) is 18.2 Å². The van der Waals surface area contributed by atoms with Crippen molar-refractivity contribution in [1.29, 1.82) is 0 Å². The first-order chi connectivity index (χ1) is 15.5. The Hall–Kier alpha value is -2.84. The predicted molar refractivity (Wildman–Crippen MR) is 118 cm³/mol. The van der Waals surface area contributed by atoms with Crippen molar-refractivity contribution in [2.24, 2.45) is 0 Å². The molecule has 4 rings (SSSR count). The quantitative estimate of drug-likeness (QED) is 0.659. The Balaban J connectivity index is 1.36. The van der Waals surface area contributed by atoms with Crippen molar-refractivity contribution in [3.8, 4) is 0 Å². The fraction of sp³-hybridized carbons (Fsp3) is 0.500. The molecule has 2 fully saturated rings. The minimum Gasteiger partial charge on any atom is -0.347 e. The van der Waals surface area contributed by atoms with Crippen LogP contribution in [0.25, 0.3) is 0 Å². The molecule has 2 aliphatic heterocycles. The van der Waals surface area contributed by atoms with E-state index in [9.17, 15) is 9.59 Å². The summed E-state index contributed by atoms with van der Waals surface area (Å²) in [5.41, 5.74) is 2.20. The Bertz CT molecular complexity index is 903. The molecule has 170 valence electrons. The number of hydrogen-bond acceptors (Lipinski definition) is 6. The molecule has 1 spiro atoms. The lowest BCUT2D eigenvalue weighted by molar-refractivity contribution is -0.187. The SMILES string of the molecule is Cc1cnc(C(=O)N(CCC(=O)N2CCC3(CC2)OCCO3)CCc2ccccc2)cn1. The zero-order chi connectivity index (χ0) is 22.4. The first kappa shape index (κ1) is 22.4. The van der Waals surface area contributed by atoms with Gasteiger partial charge in [0, 0.05) is 51.6 Å². The van der Waals surface area contributed by atoms with E-state index in [1.807, 2.05) is 42.2 Å². The highest BCUT2D eigenvalue weighted by Gasteiger charge is 2.40. The van der Waals surface area contributed by atoms with Gasteiger partial charge in [0.25, 0.3) is 5.91 Å². The maximum absolute atomic E-state index is 13.1. The van der Waals surface area contributed by atoms with Gasteiger partial charge >= 0.3 is 0 Å². The van der Waals surface area contributed by atoms with Crippen LogP contribution in [0.5, 0.6) is 0 Å². The highest BCUT2D eigenvalue weighted by atomic mass is 16.7. The Morgan fingerprint density at radius 2 is 1.75 bits per heavy atom. The summed E-state index contributed by atoms with van der Waals surface area (Å²) >= 11 is 0. The van der Waals surface area contributed by atoms with Gasteiger partial charge in [-0.1, -0.05) is 30.3 Å². The number of ether oxygens (including phenoxy) is 2. The van der Waals surface area contributed by atoms with Crippen LogP contribution in [0, 0.1) is 6.92 Å². The number of aryl methyl sites for hydroxylation is 1. The van der Waals surface area contributed by atoms with Gasteiger partial charge in [-0.15, -0.1) is 0 Å². The number of rotatable bonds is 7. The van der Waals surface area contributed by atoms with Gasteiger partial charge in [-0.25, -0.2) is 4.98 Å². The molecule has 2 aromatic rings. The van der Waals surface area contributed by atoms with Gasteiger partial charge in [0.2, 0.25) is 5.91 Å². The van der Waals surface area contributed by atoms with Crippen molar-refractivity contribution in [2.45, 2.75) is 38.4 Å². The molecule has 1 aromatic carbocycles. The smallest absolute Gasteiger partial charge is 0.274 e. The minimum absolute atomic E-state index is 0.0466. The maximum Gasteiger partial charge on any atom is 0.274 e. The zero-order valence-electron chi connectivity index (χ0n) is 18.5. The summed E-state index contributed by atoms with van der Waals surface area (Å²) in [5, 5.41) is 0. The van der Waals surface area contributed by atoms with Gasteiger partial charge in [0.1, 0.15) is 5.69 Å². The van der Waals surface area contributed by atoms with Crippen molar-refractivity contribution in [2.75, 3.05) is 39.4 Å². The Labute approximate surface area is 188 Å². The Morgan fingerprint density at radius 3 is 2.41 bits per heavy atom. The monoisotopic (exact) mass is 438 g/mol. The molecular weight excluding hydrogens is 408 g/mol. The summed E-state index contributed by atoms with van der Waals surface area (Å²) < 4.78 is 11.5. The Kier molecular flexibility index (Phi) is 7.12. The fourth-order valence-electron chi connectivity index (χ4n) is 4.16. The predicted octanol–water partition coefficient (Wildman–Crippen LogP) is 2.23. The number of benzene rings is 1. The molecular formula is C24H30N4O4. The third-order valence-corrected chi connectivity index (χ3v) is 6.09. The van der Waals surface area contributed by atoms with Crippen LogP contribution in [-0.4, -0.2) is 76.8 Å². The van der Waals surface area contributed by atoms with Gasteiger partial charge in [0.15, 0.2) is 5.79 Å². The summed E-state index contributed by atoms with van der Waals surface area (Å²) in [4.78, 5) is 38.0. The van der Waals surface area contributed by atoms with E-state index in [1.165, 1.54) is 6.20 Å². The third kappa shape index (κ3) is 5.49. The molecule has 3 heterocycles. The molecule has 8 heteroatoms. The van der Waals surface area contributed by atoms with E-state index in [0.717, 1.165) is 11.3 Å². The second kappa shape index (κ2) is 10.2. The van der Waals surface area contributed by atoms with Crippen molar-refractivity contribution < 1.29 is 19.1 Å². The zero-order valence-corrected chi connectivity index (χ0v) is 18.5. The van der Waals surface area contributed by atoms with Gasteiger partial charge in [0.05, 0.1) is 25.1 Å². The summed E-state index contributed by atoms with van der Waals surface area (Å²) in [6, 6.07) is 10.0. The van der Waals surface area contributed by atoms with E-state index < -0.39 is 5.79 Å². The number of carbonyl (C=O) groups is 2. The van der Waals surface area contributed by atoms with Crippen LogP contribution in [0.2, 0.25) is 0 Å². The molecule has 2 saturated heterocycles. The van der Waals surface area contributed by atoms with E-state index in [4.69, 9.17) is 9.47 Å². The number of nitrogens with zero attached hydrogens (tertiary/aromatic N) is 4. The van der Waals surface area contributed by atoms with Crippen LogP contribution < -0.4 is 0 Å². The number of likely N-dealkylation sites (tertiary alicyclic amines) is 1. The molecule has 32 heavy (non-hydrogen) atoms. The van der Waals surface area contributed by atoms with Gasteiger partial charge in [-0.05, 0) is 18.9 Å². The first-order valence-corrected chi connectivity index (χ1v) is 11.2. The third-order valence-electron chi connectivity index (χ3n) is 6.09. The van der Waals surface area contributed by atoms with E-state index in [1.54, 1.807) is 11.1 Å². The van der Waals surface area contributed by atoms with Crippen molar-refractivity contribution >= 4 is 11.8 Å². The molecule has 2 amide bonds. The van der Waals surface area contributed by atoms with Gasteiger partial charge in [-0.3, -0.25) is 14.6 Å². The summed E-state index contributed by atoms with van der Waals surface area (Å²) in [7, 11) is 0. The number of carbonyl (C=O) groups excluding carboxylic acids is 2. The van der Waals surface area contributed by atoms with Gasteiger partial charge in [-0.2, -0.15) is 0 Å². The van der Waals surface area contributed by atoms with Crippen LogP contribution in [0.4, 0.5) is 0 Å². The Morgan fingerprint density at radius 1 is 1.03 bits per heavy atom. The molecule has 1 aromatic heterocycles. The van der Waals surface area contributed by atoms with E-state index >= 15 is 0 Å². The number of piperidine rings is 1. The molecule has 0 bridgehead atoms.